The third-order valence-electron chi connectivity index (χ3n) is 1.98. The summed E-state index contributed by atoms with van der Waals surface area (Å²) in [6, 6.07) is 7.96. The lowest BCUT2D eigenvalue weighted by molar-refractivity contribution is 1.34. The number of nitrogens with one attached hydrogen (secondary N) is 1. The van der Waals surface area contributed by atoms with Crippen molar-refractivity contribution in [1.29, 1.82) is 0 Å². The summed E-state index contributed by atoms with van der Waals surface area (Å²) in [5.74, 6) is 0. The number of hydrogen-bond acceptors (Lipinski definition) is 3. The summed E-state index contributed by atoms with van der Waals surface area (Å²) in [7, 11) is 0. The maximum absolute atomic E-state index is 4.25. The highest BCUT2D eigenvalue weighted by molar-refractivity contribution is 8.04. The third kappa shape index (κ3) is 3.99. The summed E-state index contributed by atoms with van der Waals surface area (Å²) in [5, 5.41) is 0. The van der Waals surface area contributed by atoms with Gasteiger partial charge in [-0.1, -0.05) is 12.2 Å². The summed E-state index contributed by atoms with van der Waals surface area (Å²) in [6.07, 6.45) is 0. The Morgan fingerprint density at radius 2 is 1.75 bits per heavy atom. The van der Waals surface area contributed by atoms with Crippen molar-refractivity contribution in [2.75, 3.05) is 4.72 Å². The van der Waals surface area contributed by atoms with E-state index in [0.29, 0.717) is 0 Å². The van der Waals surface area contributed by atoms with Gasteiger partial charge >= 0.3 is 0 Å². The first-order valence-corrected chi connectivity index (χ1v) is 6.32. The van der Waals surface area contributed by atoms with Crippen molar-refractivity contribution >= 4 is 30.3 Å². The Morgan fingerprint density at radius 3 is 2.19 bits per heavy atom. The van der Waals surface area contributed by atoms with Crippen LogP contribution in [0.4, 0.5) is 5.69 Å². The zero-order chi connectivity index (χ0) is 12.1. The van der Waals surface area contributed by atoms with E-state index in [4.69, 9.17) is 0 Å². The molecule has 0 bridgehead atoms. The first-order valence-electron chi connectivity index (χ1n) is 5.06. The highest BCUT2D eigenvalue weighted by Crippen LogP contribution is 2.27. The number of anilines is 1. The lowest BCUT2D eigenvalue weighted by Crippen LogP contribution is -1.91. The van der Waals surface area contributed by atoms with Crippen molar-refractivity contribution in [3.05, 3.63) is 46.9 Å². The highest BCUT2D eigenvalue weighted by atomic mass is 32.2. The Balaban J connectivity index is 2.67. The van der Waals surface area contributed by atoms with Gasteiger partial charge in [0.2, 0.25) is 0 Å². The van der Waals surface area contributed by atoms with Gasteiger partial charge in [-0.25, -0.2) is 0 Å². The van der Waals surface area contributed by atoms with E-state index in [0.717, 1.165) is 16.2 Å². The zero-order valence-electron chi connectivity index (χ0n) is 9.87. The Morgan fingerprint density at radius 1 is 1.19 bits per heavy atom. The summed E-state index contributed by atoms with van der Waals surface area (Å²) in [5.41, 5.74) is 3.43. The average Bonchev–Trinajstić information content (AvgIpc) is 2.20. The molecular weight excluding hydrogens is 234 g/mol. The van der Waals surface area contributed by atoms with Crippen LogP contribution < -0.4 is 4.72 Å². The van der Waals surface area contributed by atoms with E-state index in [1.54, 1.807) is 11.9 Å². The minimum Gasteiger partial charge on any atom is -0.326 e. The summed E-state index contributed by atoms with van der Waals surface area (Å²) < 4.78 is 3.30. The van der Waals surface area contributed by atoms with Crippen molar-refractivity contribution in [1.82, 2.24) is 0 Å². The lowest BCUT2D eigenvalue weighted by atomic mass is 10.2. The minimum atomic E-state index is 0.970. The monoisotopic (exact) mass is 251 g/mol. The van der Waals surface area contributed by atoms with Crippen LogP contribution >= 0.6 is 24.6 Å². The predicted molar refractivity (Wildman–Crippen MR) is 78.1 cm³/mol. The van der Waals surface area contributed by atoms with E-state index in [-0.39, 0.29) is 0 Å². The Bertz CT molecular complexity index is 400. The van der Waals surface area contributed by atoms with Gasteiger partial charge in [-0.05, 0) is 62.6 Å². The Hall–Kier alpha value is -0.800. The fraction of sp³-hybridized carbons (Fsp3) is 0.231. The molecule has 0 spiro atoms. The van der Waals surface area contributed by atoms with Gasteiger partial charge in [0.05, 0.1) is 0 Å². The molecular formula is C13H17NS2. The van der Waals surface area contributed by atoms with Gasteiger partial charge < -0.3 is 4.72 Å². The van der Waals surface area contributed by atoms with Crippen LogP contribution in [0.1, 0.15) is 20.8 Å². The van der Waals surface area contributed by atoms with Crippen molar-refractivity contribution in [2.45, 2.75) is 25.7 Å². The van der Waals surface area contributed by atoms with Crippen molar-refractivity contribution in [3.63, 3.8) is 0 Å². The van der Waals surface area contributed by atoms with Gasteiger partial charge in [-0.3, -0.25) is 0 Å². The first-order chi connectivity index (χ1) is 7.50. The van der Waals surface area contributed by atoms with Crippen molar-refractivity contribution < 1.29 is 0 Å². The summed E-state index contributed by atoms with van der Waals surface area (Å²) >= 11 is 5.85. The second-order valence-electron chi connectivity index (χ2n) is 3.86. The fourth-order valence-corrected chi connectivity index (χ4v) is 2.14. The maximum Gasteiger partial charge on any atom is 0.0443 e. The zero-order valence-corrected chi connectivity index (χ0v) is 11.6. The number of thiol groups is 1. The van der Waals surface area contributed by atoms with Crippen LogP contribution in [0.15, 0.2) is 51.8 Å². The number of allylic oxidation sites excluding steroid dienone is 2. The van der Waals surface area contributed by atoms with Crippen LogP contribution in [-0.2, 0) is 0 Å². The molecule has 16 heavy (non-hydrogen) atoms. The van der Waals surface area contributed by atoms with Gasteiger partial charge in [-0.15, -0.1) is 12.6 Å². The molecule has 0 aliphatic rings. The standard InChI is InChI=1S/C13H17NS2/c1-9(2)13(10(3)4)16-14-11-5-7-12(15)8-6-11/h5-8,14-15H,1H2,2-4H3. The molecule has 0 saturated heterocycles. The molecule has 0 unspecified atom stereocenters. The largest absolute Gasteiger partial charge is 0.326 e. The number of hydrogen-bond donors (Lipinski definition) is 2. The molecule has 0 amide bonds. The van der Waals surface area contributed by atoms with Crippen LogP contribution in [0.5, 0.6) is 0 Å². The Labute approximate surface area is 108 Å². The first kappa shape index (κ1) is 13.3. The molecule has 0 aliphatic carbocycles. The molecule has 1 N–H and O–H groups in total. The average molecular weight is 251 g/mol. The van der Waals surface area contributed by atoms with Gasteiger partial charge in [-0.2, -0.15) is 0 Å². The van der Waals surface area contributed by atoms with Crippen LogP contribution in [0.25, 0.3) is 0 Å². The van der Waals surface area contributed by atoms with Crippen molar-refractivity contribution in [2.24, 2.45) is 0 Å². The number of benzene rings is 1. The van der Waals surface area contributed by atoms with E-state index in [1.807, 2.05) is 31.2 Å². The van der Waals surface area contributed by atoms with E-state index in [9.17, 15) is 0 Å². The second kappa shape index (κ2) is 6.06. The van der Waals surface area contributed by atoms with E-state index >= 15 is 0 Å². The van der Waals surface area contributed by atoms with Crippen LogP contribution in [0.2, 0.25) is 0 Å². The summed E-state index contributed by atoms with van der Waals surface area (Å²) in [4.78, 5) is 2.17. The smallest absolute Gasteiger partial charge is 0.0443 e. The molecule has 1 aromatic rings. The van der Waals surface area contributed by atoms with E-state index in [1.165, 1.54) is 10.5 Å². The maximum atomic E-state index is 4.25. The molecule has 0 fully saturated rings. The molecule has 0 atom stereocenters. The number of rotatable bonds is 4. The molecule has 0 saturated carbocycles. The molecule has 1 rings (SSSR count). The lowest BCUT2D eigenvalue weighted by Gasteiger charge is -2.10. The van der Waals surface area contributed by atoms with Crippen molar-refractivity contribution in [3.8, 4) is 0 Å². The molecule has 0 aromatic heterocycles. The van der Waals surface area contributed by atoms with Gasteiger partial charge in [0.15, 0.2) is 0 Å². The van der Waals surface area contributed by atoms with E-state index in [2.05, 4.69) is 37.8 Å². The fourth-order valence-electron chi connectivity index (χ4n) is 1.26. The predicted octanol–water partition coefficient (Wildman–Crippen LogP) is 4.91. The molecule has 0 radical (unpaired) electrons. The quantitative estimate of drug-likeness (QED) is 0.448. The minimum absolute atomic E-state index is 0.970. The SMILES string of the molecule is C=C(C)C(SNc1ccc(S)cc1)=C(C)C. The molecule has 1 aromatic carbocycles. The summed E-state index contributed by atoms with van der Waals surface area (Å²) in [6.45, 7) is 10.2. The van der Waals surface area contributed by atoms with E-state index < -0.39 is 0 Å². The topological polar surface area (TPSA) is 12.0 Å². The molecule has 86 valence electrons. The molecule has 0 aliphatic heterocycles. The van der Waals surface area contributed by atoms with Gasteiger partial charge in [0, 0.05) is 15.5 Å². The van der Waals surface area contributed by atoms with Crippen LogP contribution in [-0.4, -0.2) is 0 Å². The normalized spacial score (nSPS) is 9.75. The third-order valence-corrected chi connectivity index (χ3v) is 3.58. The Kier molecular flexibility index (Phi) is 5.03. The molecule has 3 heteroatoms. The second-order valence-corrected chi connectivity index (χ2v) is 5.19. The van der Waals surface area contributed by atoms with Gasteiger partial charge in [0.1, 0.15) is 0 Å². The van der Waals surface area contributed by atoms with Crippen LogP contribution in [0, 0.1) is 0 Å². The highest BCUT2D eigenvalue weighted by Gasteiger charge is 2.02. The van der Waals surface area contributed by atoms with Crippen LogP contribution in [0.3, 0.4) is 0 Å². The molecule has 0 heterocycles. The van der Waals surface area contributed by atoms with Gasteiger partial charge in [0.25, 0.3) is 0 Å². The molecule has 1 nitrogen and oxygen atoms in total.